The van der Waals surface area contributed by atoms with E-state index >= 15 is 0 Å². The third-order valence-electron chi connectivity index (χ3n) is 8.06. The predicted molar refractivity (Wildman–Crippen MR) is 142 cm³/mol. The van der Waals surface area contributed by atoms with Crippen LogP contribution in [0.5, 0.6) is 0 Å². The first-order chi connectivity index (χ1) is 17.8. The van der Waals surface area contributed by atoms with Crippen LogP contribution in [0.15, 0.2) is 30.5 Å². The highest BCUT2D eigenvalue weighted by molar-refractivity contribution is 7.93. The van der Waals surface area contributed by atoms with Crippen LogP contribution in [0.4, 0.5) is 11.5 Å². The number of sulfonamides is 1. The predicted octanol–water partition coefficient (Wildman–Crippen LogP) is 2.37. The van der Waals surface area contributed by atoms with E-state index in [0.717, 1.165) is 16.9 Å². The van der Waals surface area contributed by atoms with Crippen LogP contribution in [0.2, 0.25) is 0 Å². The van der Waals surface area contributed by atoms with Gasteiger partial charge in [-0.3, -0.25) is 13.9 Å². The highest BCUT2D eigenvalue weighted by Crippen LogP contribution is 2.40. The first kappa shape index (κ1) is 24.2. The maximum atomic E-state index is 13.7. The molecule has 196 valence electrons. The fourth-order valence-electron chi connectivity index (χ4n) is 5.83. The number of carbonyl (C=O) groups excluding carboxylic acids is 2. The second-order valence-corrected chi connectivity index (χ2v) is 12.6. The minimum Gasteiger partial charge on any atom is -0.356 e. The summed E-state index contributed by atoms with van der Waals surface area (Å²) in [5.41, 5.74) is 4.01. The Morgan fingerprint density at radius 3 is 2.43 bits per heavy atom. The number of rotatable bonds is 5. The van der Waals surface area contributed by atoms with Crippen molar-refractivity contribution >= 4 is 33.3 Å². The lowest BCUT2D eigenvalue weighted by atomic mass is 9.95. The maximum absolute atomic E-state index is 13.7. The first-order valence-electron chi connectivity index (χ1n) is 13.2. The highest BCUT2D eigenvalue weighted by atomic mass is 32.2. The van der Waals surface area contributed by atoms with Crippen LogP contribution >= 0.6 is 0 Å². The fraction of sp³-hybridized carbons (Fsp3) is 0.519. The molecule has 3 aliphatic heterocycles. The van der Waals surface area contributed by atoms with Crippen LogP contribution < -0.4 is 14.5 Å². The molecule has 2 aromatic rings. The molecule has 9 nitrogen and oxygen atoms in total. The molecule has 1 aromatic carbocycles. The third-order valence-corrected chi connectivity index (χ3v) is 9.91. The number of aromatic nitrogens is 1. The molecular formula is C27H33N5O4S. The molecule has 37 heavy (non-hydrogen) atoms. The summed E-state index contributed by atoms with van der Waals surface area (Å²) in [6.45, 7) is 5.44. The zero-order valence-corrected chi connectivity index (χ0v) is 22.0. The van der Waals surface area contributed by atoms with Crippen LogP contribution in [0.3, 0.4) is 0 Å². The Morgan fingerprint density at radius 2 is 1.81 bits per heavy atom. The Labute approximate surface area is 217 Å². The third kappa shape index (κ3) is 4.56. The summed E-state index contributed by atoms with van der Waals surface area (Å²) >= 11 is 0. The molecular weight excluding hydrogens is 490 g/mol. The van der Waals surface area contributed by atoms with Crippen molar-refractivity contribution in [1.82, 2.24) is 15.2 Å². The average Bonchev–Trinajstić information content (AvgIpc) is 3.56. The largest absolute Gasteiger partial charge is 0.356 e. The van der Waals surface area contributed by atoms with E-state index in [2.05, 4.69) is 23.2 Å². The number of carbonyl (C=O) groups is 2. The number of nitrogens with zero attached hydrogens (tertiary/aromatic N) is 4. The quantitative estimate of drug-likeness (QED) is 0.646. The zero-order chi connectivity index (χ0) is 25.7. The van der Waals surface area contributed by atoms with E-state index in [0.29, 0.717) is 69.3 Å². The van der Waals surface area contributed by atoms with Crippen LogP contribution in [0.25, 0.3) is 0 Å². The number of hydrogen-bond acceptors (Lipinski definition) is 6. The molecule has 1 unspecified atom stereocenters. The molecule has 4 aliphatic rings. The number of hydrogen-bond donors (Lipinski definition) is 1. The number of benzene rings is 1. The number of amides is 2. The van der Waals surface area contributed by atoms with Crippen molar-refractivity contribution in [2.24, 2.45) is 0 Å². The van der Waals surface area contributed by atoms with Gasteiger partial charge >= 0.3 is 0 Å². The van der Waals surface area contributed by atoms with Crippen LogP contribution in [0.1, 0.15) is 64.6 Å². The van der Waals surface area contributed by atoms with E-state index in [1.54, 1.807) is 23.1 Å². The van der Waals surface area contributed by atoms with Crippen molar-refractivity contribution in [3.8, 4) is 0 Å². The van der Waals surface area contributed by atoms with E-state index in [1.165, 1.54) is 22.7 Å². The van der Waals surface area contributed by atoms with Gasteiger partial charge in [-0.1, -0.05) is 12.1 Å². The van der Waals surface area contributed by atoms with Crippen molar-refractivity contribution in [2.45, 2.75) is 44.4 Å². The molecule has 1 N–H and O–H groups in total. The Balaban J connectivity index is 1.23. The van der Waals surface area contributed by atoms with Crippen molar-refractivity contribution in [3.05, 3.63) is 52.7 Å². The van der Waals surface area contributed by atoms with Gasteiger partial charge in [0.1, 0.15) is 5.82 Å². The maximum Gasteiger partial charge on any atom is 0.256 e. The monoisotopic (exact) mass is 523 g/mol. The van der Waals surface area contributed by atoms with Gasteiger partial charge in [-0.15, -0.1) is 0 Å². The SMILES string of the molecule is Cc1cc(C2CC2)cnc1N1CCN(C(=O)c2ccc(C3CCNC3=O)cc2N2CCCS2(=O)=O)CC1. The summed E-state index contributed by atoms with van der Waals surface area (Å²) < 4.78 is 27.0. The molecule has 0 bridgehead atoms. The topological polar surface area (TPSA) is 103 Å². The van der Waals surface area contributed by atoms with E-state index in [9.17, 15) is 18.0 Å². The van der Waals surface area contributed by atoms with E-state index in [4.69, 9.17) is 4.98 Å². The molecule has 2 amide bonds. The molecule has 3 saturated heterocycles. The summed E-state index contributed by atoms with van der Waals surface area (Å²) in [5, 5.41) is 2.84. The Bertz CT molecular complexity index is 1350. The molecule has 0 spiro atoms. The smallest absolute Gasteiger partial charge is 0.256 e. The van der Waals surface area contributed by atoms with Gasteiger partial charge in [0.05, 0.1) is 22.9 Å². The van der Waals surface area contributed by atoms with E-state index < -0.39 is 10.0 Å². The van der Waals surface area contributed by atoms with Gasteiger partial charge in [0.2, 0.25) is 15.9 Å². The number of pyridine rings is 1. The summed E-state index contributed by atoms with van der Waals surface area (Å²) in [7, 11) is -3.49. The Hall–Kier alpha value is -3.14. The second kappa shape index (κ2) is 9.31. The molecule has 6 rings (SSSR count). The normalized spacial score (nSPS) is 23.4. The summed E-state index contributed by atoms with van der Waals surface area (Å²) in [6, 6.07) is 7.50. The highest BCUT2D eigenvalue weighted by Gasteiger charge is 2.35. The molecule has 1 saturated carbocycles. The average molecular weight is 524 g/mol. The Morgan fingerprint density at radius 1 is 1.03 bits per heavy atom. The number of nitrogens with one attached hydrogen (secondary N) is 1. The van der Waals surface area contributed by atoms with Gasteiger partial charge in [-0.05, 0) is 67.3 Å². The van der Waals surface area contributed by atoms with Crippen molar-refractivity contribution in [2.75, 3.05) is 54.2 Å². The minimum atomic E-state index is -3.49. The number of aryl methyl sites for hydroxylation is 1. The molecule has 4 heterocycles. The Kier molecular flexibility index (Phi) is 6.09. The summed E-state index contributed by atoms with van der Waals surface area (Å²) in [6.07, 6.45) is 5.67. The van der Waals surface area contributed by atoms with Gasteiger partial charge in [0, 0.05) is 45.5 Å². The second-order valence-electron chi connectivity index (χ2n) is 10.6. The molecule has 10 heteroatoms. The molecule has 4 fully saturated rings. The molecule has 1 aliphatic carbocycles. The van der Waals surface area contributed by atoms with Crippen LogP contribution in [-0.4, -0.2) is 75.1 Å². The lowest BCUT2D eigenvalue weighted by molar-refractivity contribution is -0.120. The standard InChI is InChI=1S/C27H33N5O4S/c1-18-15-21(19-3-4-19)17-29-25(18)30-10-12-31(13-11-30)27(34)23-6-5-20(22-7-8-28-26(22)33)16-24(23)32-9-2-14-37(32,35)36/h5-6,15-17,19,22H,2-4,7-14H2,1H3,(H,28,33). The van der Waals surface area contributed by atoms with Crippen LogP contribution in [0, 0.1) is 6.92 Å². The van der Waals surface area contributed by atoms with Crippen LogP contribution in [-0.2, 0) is 14.8 Å². The zero-order valence-electron chi connectivity index (χ0n) is 21.1. The molecule has 0 radical (unpaired) electrons. The van der Waals surface area contributed by atoms with Crippen molar-refractivity contribution < 1.29 is 18.0 Å². The van der Waals surface area contributed by atoms with Crippen molar-refractivity contribution in [1.29, 1.82) is 0 Å². The van der Waals surface area contributed by atoms with Gasteiger partial charge in [-0.2, -0.15) is 0 Å². The first-order valence-corrected chi connectivity index (χ1v) is 14.9. The summed E-state index contributed by atoms with van der Waals surface area (Å²) in [5.74, 6) is 1.16. The van der Waals surface area contributed by atoms with Gasteiger partial charge in [0.15, 0.2) is 0 Å². The van der Waals surface area contributed by atoms with Gasteiger partial charge in [-0.25, -0.2) is 13.4 Å². The lowest BCUT2D eigenvalue weighted by Gasteiger charge is -2.36. The molecule has 1 aromatic heterocycles. The van der Waals surface area contributed by atoms with Gasteiger partial charge < -0.3 is 15.1 Å². The van der Waals surface area contributed by atoms with E-state index in [-0.39, 0.29) is 23.5 Å². The number of anilines is 2. The van der Waals surface area contributed by atoms with Crippen molar-refractivity contribution in [3.63, 3.8) is 0 Å². The lowest BCUT2D eigenvalue weighted by Crippen LogP contribution is -2.49. The fourth-order valence-corrected chi connectivity index (χ4v) is 7.40. The summed E-state index contributed by atoms with van der Waals surface area (Å²) in [4.78, 5) is 34.8. The molecule has 1 atom stereocenters. The van der Waals surface area contributed by atoms with E-state index in [1.807, 2.05) is 6.20 Å². The minimum absolute atomic E-state index is 0.0560. The number of piperazine rings is 1. The van der Waals surface area contributed by atoms with Gasteiger partial charge in [0.25, 0.3) is 5.91 Å².